The minimum atomic E-state index is -0.273. The van der Waals surface area contributed by atoms with Gasteiger partial charge >= 0.3 is 0 Å². The Morgan fingerprint density at radius 2 is 2.00 bits per heavy atom. The fraction of sp³-hybridized carbons (Fsp3) is 1.00. The van der Waals surface area contributed by atoms with E-state index in [0.717, 1.165) is 0 Å². The van der Waals surface area contributed by atoms with E-state index in [1.54, 1.807) is 14.2 Å². The van der Waals surface area contributed by atoms with Gasteiger partial charge in [0, 0.05) is 39.7 Å². The molecule has 0 aliphatic heterocycles. The average molecular weight is 165 g/mol. The third kappa shape index (κ3) is 6.61. The Kier molecular flexibility index (Phi) is 10.9. The van der Waals surface area contributed by atoms with Crippen LogP contribution in [0.5, 0.6) is 0 Å². The normalized spacial score (nSPS) is 12.2. The first-order chi connectivity index (χ1) is 3.31. The van der Waals surface area contributed by atoms with E-state index in [1.165, 1.54) is 0 Å². The smallest absolute Gasteiger partial charge is 0.112 e. The molecule has 0 aliphatic rings. The van der Waals surface area contributed by atoms with E-state index in [0.29, 0.717) is 6.61 Å². The van der Waals surface area contributed by atoms with E-state index in [2.05, 4.69) is 9.47 Å². The zero-order valence-corrected chi connectivity index (χ0v) is 8.35. The molecule has 0 aliphatic carbocycles. The summed E-state index contributed by atoms with van der Waals surface area (Å²) in [7, 11) is 8.36. The van der Waals surface area contributed by atoms with Gasteiger partial charge in [-0.3, -0.25) is 0 Å². The van der Waals surface area contributed by atoms with Crippen LogP contribution in [-0.2, 0) is 29.0 Å². The molecule has 0 aromatic carbocycles. The van der Waals surface area contributed by atoms with Gasteiger partial charge in [0.15, 0.2) is 0 Å². The Bertz CT molecular complexity index is 45.0. The predicted molar refractivity (Wildman–Crippen MR) is 28.4 cm³/mol. The van der Waals surface area contributed by atoms with Gasteiger partial charge < -0.3 is 9.47 Å². The summed E-state index contributed by atoms with van der Waals surface area (Å²) in [5.41, 5.74) is 0. The summed E-state index contributed by atoms with van der Waals surface area (Å²) in [6.45, 7) is 0.455. The molecule has 8 heavy (non-hydrogen) atoms. The number of rotatable bonds is 3. The van der Waals surface area contributed by atoms with Crippen molar-refractivity contribution in [2.45, 2.75) is 6.00 Å². The molecule has 0 spiro atoms. The minimum Gasteiger partial charge on any atom is -0.389 e. The quantitative estimate of drug-likeness (QED) is 0.538. The first kappa shape index (κ1) is 11.4. The zero-order chi connectivity index (χ0) is 5.70. The third-order valence-corrected chi connectivity index (χ3v) is 0.634. The Balaban J connectivity index is 0. The minimum absolute atomic E-state index is 0. The maximum Gasteiger partial charge on any atom is 0.112 e. The van der Waals surface area contributed by atoms with Gasteiger partial charge in [0.05, 0.1) is 6.61 Å². The molecule has 1 atom stereocenters. The Morgan fingerprint density at radius 3 is 2.12 bits per heavy atom. The molecule has 0 heterocycles. The standard InChI is InChI=1S/C4H9BO2.Zn/c1-6-3-4(5)7-2;/h4H,3H2,1-2H3;. The van der Waals surface area contributed by atoms with Crippen LogP contribution in [0.1, 0.15) is 0 Å². The third-order valence-electron chi connectivity index (χ3n) is 0.634. The molecule has 42 valence electrons. The molecule has 0 N–H and O–H groups in total. The molecule has 4 heteroatoms. The fourth-order valence-electron chi connectivity index (χ4n) is 0.232. The molecule has 2 radical (unpaired) electrons. The number of hydrogen-bond donors (Lipinski definition) is 0. The first-order valence-electron chi connectivity index (χ1n) is 2.08. The first-order valence-corrected chi connectivity index (χ1v) is 2.08. The number of methoxy groups -OCH3 is 2. The van der Waals surface area contributed by atoms with E-state index >= 15 is 0 Å². The molecule has 0 amide bonds. The van der Waals surface area contributed by atoms with Crippen LogP contribution in [0.15, 0.2) is 0 Å². The maximum atomic E-state index is 5.24. The molecular formula is C4H9BO2Zn. The molecule has 0 bridgehead atoms. The number of ether oxygens (including phenoxy) is 2. The SMILES string of the molecule is [B]C(COC)OC.[Zn]. The Hall–Kier alpha value is 0.608. The van der Waals surface area contributed by atoms with Crippen molar-refractivity contribution in [2.75, 3.05) is 20.8 Å². The van der Waals surface area contributed by atoms with Crippen LogP contribution in [0.4, 0.5) is 0 Å². The summed E-state index contributed by atoms with van der Waals surface area (Å²) in [6.07, 6.45) is 0. The van der Waals surface area contributed by atoms with Crippen molar-refractivity contribution in [2.24, 2.45) is 0 Å². The summed E-state index contributed by atoms with van der Waals surface area (Å²) in [4.78, 5) is 0. The summed E-state index contributed by atoms with van der Waals surface area (Å²) < 4.78 is 9.29. The summed E-state index contributed by atoms with van der Waals surface area (Å²) in [6, 6.07) is -0.273. The van der Waals surface area contributed by atoms with Crippen molar-refractivity contribution in [1.29, 1.82) is 0 Å². The van der Waals surface area contributed by atoms with Crippen LogP contribution in [0, 0.1) is 0 Å². The van der Waals surface area contributed by atoms with Crippen molar-refractivity contribution < 1.29 is 29.0 Å². The van der Waals surface area contributed by atoms with Gasteiger partial charge in [0.25, 0.3) is 0 Å². The molecule has 0 rings (SSSR count). The van der Waals surface area contributed by atoms with Gasteiger partial charge in [-0.2, -0.15) is 0 Å². The maximum absolute atomic E-state index is 5.24. The Morgan fingerprint density at radius 1 is 1.50 bits per heavy atom. The van der Waals surface area contributed by atoms with Crippen LogP contribution in [0.3, 0.4) is 0 Å². The predicted octanol–water partition coefficient (Wildman–Crippen LogP) is -0.229. The van der Waals surface area contributed by atoms with Crippen molar-refractivity contribution in [1.82, 2.24) is 0 Å². The topological polar surface area (TPSA) is 18.5 Å². The summed E-state index contributed by atoms with van der Waals surface area (Å²) in [5.74, 6) is 0. The van der Waals surface area contributed by atoms with Gasteiger partial charge in [0.1, 0.15) is 7.85 Å². The van der Waals surface area contributed by atoms with Crippen molar-refractivity contribution in [3.05, 3.63) is 0 Å². The molecule has 0 fully saturated rings. The average Bonchev–Trinajstić information content (AvgIpc) is 1.68. The van der Waals surface area contributed by atoms with Gasteiger partial charge in [-0.1, -0.05) is 0 Å². The van der Waals surface area contributed by atoms with Gasteiger partial charge in [-0.15, -0.1) is 0 Å². The zero-order valence-electron chi connectivity index (χ0n) is 5.39. The molecule has 0 saturated carbocycles. The van der Waals surface area contributed by atoms with Crippen molar-refractivity contribution in [3.8, 4) is 0 Å². The van der Waals surface area contributed by atoms with E-state index in [-0.39, 0.29) is 25.5 Å². The summed E-state index contributed by atoms with van der Waals surface area (Å²) >= 11 is 0. The van der Waals surface area contributed by atoms with E-state index < -0.39 is 0 Å². The summed E-state index contributed by atoms with van der Waals surface area (Å²) in [5, 5.41) is 0. The van der Waals surface area contributed by atoms with Crippen LogP contribution < -0.4 is 0 Å². The van der Waals surface area contributed by atoms with E-state index in [9.17, 15) is 0 Å². The Labute approximate surface area is 64.1 Å². The van der Waals surface area contributed by atoms with Gasteiger partial charge in [-0.05, 0) is 0 Å². The van der Waals surface area contributed by atoms with Gasteiger partial charge in [0.2, 0.25) is 0 Å². The second-order valence-electron chi connectivity index (χ2n) is 1.23. The van der Waals surface area contributed by atoms with Crippen LogP contribution in [0.2, 0.25) is 0 Å². The fourth-order valence-corrected chi connectivity index (χ4v) is 0.232. The van der Waals surface area contributed by atoms with Crippen LogP contribution >= 0.6 is 0 Å². The van der Waals surface area contributed by atoms with Crippen molar-refractivity contribution >= 4 is 7.85 Å². The largest absolute Gasteiger partial charge is 0.389 e. The van der Waals surface area contributed by atoms with Gasteiger partial charge in [-0.25, -0.2) is 0 Å². The van der Waals surface area contributed by atoms with Crippen LogP contribution in [0.25, 0.3) is 0 Å². The molecule has 2 nitrogen and oxygen atoms in total. The molecular weight excluding hydrogens is 156 g/mol. The second-order valence-corrected chi connectivity index (χ2v) is 1.23. The van der Waals surface area contributed by atoms with E-state index in [4.69, 9.17) is 7.85 Å². The molecule has 0 saturated heterocycles. The molecule has 1 unspecified atom stereocenters. The molecule has 0 aromatic rings. The van der Waals surface area contributed by atoms with Crippen molar-refractivity contribution in [3.63, 3.8) is 0 Å². The monoisotopic (exact) mass is 164 g/mol. The van der Waals surface area contributed by atoms with Crippen LogP contribution in [-0.4, -0.2) is 34.7 Å². The second kappa shape index (κ2) is 7.61. The van der Waals surface area contributed by atoms with E-state index in [1.807, 2.05) is 0 Å². The molecule has 0 aromatic heterocycles. The number of hydrogen-bond acceptors (Lipinski definition) is 2.